The molecule has 0 radical (unpaired) electrons. The average Bonchev–Trinajstić information content (AvgIpc) is 3.16. The van der Waals surface area contributed by atoms with Gasteiger partial charge in [-0.3, -0.25) is 4.79 Å². The molecule has 1 saturated carbocycles. The van der Waals surface area contributed by atoms with E-state index in [4.69, 9.17) is 4.74 Å². The summed E-state index contributed by atoms with van der Waals surface area (Å²) >= 11 is 0. The highest BCUT2D eigenvalue weighted by atomic mass is 16.6. The summed E-state index contributed by atoms with van der Waals surface area (Å²) in [7, 11) is 0. The monoisotopic (exact) mass is 330 g/mol. The van der Waals surface area contributed by atoms with Crippen LogP contribution < -0.4 is 10.1 Å². The van der Waals surface area contributed by atoms with Gasteiger partial charge < -0.3 is 15.0 Å². The van der Waals surface area contributed by atoms with E-state index in [-0.39, 0.29) is 17.9 Å². The van der Waals surface area contributed by atoms with Gasteiger partial charge in [-0.2, -0.15) is 0 Å². The van der Waals surface area contributed by atoms with Gasteiger partial charge in [0.05, 0.1) is 0 Å². The second kappa shape index (κ2) is 8.18. The van der Waals surface area contributed by atoms with Crippen molar-refractivity contribution in [2.75, 3.05) is 19.6 Å². The van der Waals surface area contributed by atoms with Crippen LogP contribution in [0.5, 0.6) is 5.75 Å². The van der Waals surface area contributed by atoms with Crippen molar-refractivity contribution in [2.45, 2.75) is 38.5 Å². The quantitative estimate of drug-likeness (QED) is 0.922. The number of nitrogens with zero attached hydrogens (tertiary/aromatic N) is 1. The number of ether oxygens (including phenoxy) is 1. The predicted molar refractivity (Wildman–Crippen MR) is 91.7 cm³/mol. The highest BCUT2D eigenvalue weighted by molar-refractivity contribution is 5.78. The van der Waals surface area contributed by atoms with Crippen LogP contribution in [-0.2, 0) is 4.79 Å². The number of hydrogen-bond acceptors (Lipinski definition) is 3. The van der Waals surface area contributed by atoms with Gasteiger partial charge in [-0.15, -0.1) is 0 Å². The zero-order valence-electron chi connectivity index (χ0n) is 14.1. The van der Waals surface area contributed by atoms with Gasteiger partial charge in [0.15, 0.2) is 0 Å². The molecule has 2 aliphatic rings. The minimum Gasteiger partial charge on any atom is -0.410 e. The fraction of sp³-hybridized carbons (Fsp3) is 0.579. The molecule has 1 aromatic carbocycles. The number of carbonyl (C=O) groups is 2. The van der Waals surface area contributed by atoms with E-state index in [9.17, 15) is 9.59 Å². The number of piperidine rings is 1. The van der Waals surface area contributed by atoms with Gasteiger partial charge in [0.2, 0.25) is 5.91 Å². The SMILES string of the molecule is O=C(NCC1CCN(C(=O)Oc2ccccc2)CC1)C1CCCC1. The van der Waals surface area contributed by atoms with Gasteiger partial charge in [-0.25, -0.2) is 4.79 Å². The number of rotatable bonds is 4. The molecule has 0 spiro atoms. The van der Waals surface area contributed by atoms with Crippen molar-refractivity contribution in [3.63, 3.8) is 0 Å². The Kier molecular flexibility index (Phi) is 5.72. The Balaban J connectivity index is 1.37. The van der Waals surface area contributed by atoms with Crippen LogP contribution in [-0.4, -0.2) is 36.5 Å². The maximum atomic E-state index is 12.1. The number of nitrogens with one attached hydrogen (secondary N) is 1. The Morgan fingerprint density at radius 1 is 1.04 bits per heavy atom. The van der Waals surface area contributed by atoms with Gasteiger partial charge in [0.25, 0.3) is 0 Å². The van der Waals surface area contributed by atoms with E-state index < -0.39 is 0 Å². The summed E-state index contributed by atoms with van der Waals surface area (Å²) in [6.07, 6.45) is 5.98. The topological polar surface area (TPSA) is 58.6 Å². The van der Waals surface area contributed by atoms with Crippen molar-refractivity contribution >= 4 is 12.0 Å². The summed E-state index contributed by atoms with van der Waals surface area (Å²) in [4.78, 5) is 26.0. The van der Waals surface area contributed by atoms with E-state index in [2.05, 4.69) is 5.32 Å². The van der Waals surface area contributed by atoms with E-state index in [1.54, 1.807) is 17.0 Å². The van der Waals surface area contributed by atoms with Crippen molar-refractivity contribution in [3.8, 4) is 5.75 Å². The summed E-state index contributed by atoms with van der Waals surface area (Å²) < 4.78 is 5.37. The summed E-state index contributed by atoms with van der Waals surface area (Å²) in [5.41, 5.74) is 0. The van der Waals surface area contributed by atoms with Gasteiger partial charge >= 0.3 is 6.09 Å². The summed E-state index contributed by atoms with van der Waals surface area (Å²) in [6.45, 7) is 2.11. The molecule has 1 aliphatic heterocycles. The lowest BCUT2D eigenvalue weighted by Crippen LogP contribution is -2.43. The summed E-state index contributed by atoms with van der Waals surface area (Å²) in [6, 6.07) is 9.15. The molecular formula is C19H26N2O3. The molecule has 0 unspecified atom stereocenters. The predicted octanol–water partition coefficient (Wildman–Crippen LogP) is 3.20. The second-order valence-corrected chi connectivity index (χ2v) is 6.84. The lowest BCUT2D eigenvalue weighted by atomic mass is 9.96. The van der Waals surface area contributed by atoms with Crippen molar-refractivity contribution < 1.29 is 14.3 Å². The Labute approximate surface area is 143 Å². The molecule has 1 aliphatic carbocycles. The number of amides is 2. The summed E-state index contributed by atoms with van der Waals surface area (Å²) in [5, 5.41) is 3.10. The maximum absolute atomic E-state index is 12.1. The number of carbonyl (C=O) groups excluding carboxylic acids is 2. The molecule has 2 fully saturated rings. The number of benzene rings is 1. The first-order chi connectivity index (χ1) is 11.7. The Hall–Kier alpha value is -2.04. The first-order valence-corrected chi connectivity index (χ1v) is 9.02. The normalized spacial score (nSPS) is 19.2. The van der Waals surface area contributed by atoms with Gasteiger partial charge in [-0.05, 0) is 43.7 Å². The van der Waals surface area contributed by atoms with Crippen molar-refractivity contribution in [1.82, 2.24) is 10.2 Å². The standard InChI is InChI=1S/C19H26N2O3/c22-18(16-6-4-5-7-16)20-14-15-10-12-21(13-11-15)19(23)24-17-8-2-1-3-9-17/h1-3,8-9,15-16H,4-7,10-14H2,(H,20,22). The van der Waals surface area contributed by atoms with Crippen LogP contribution in [0.15, 0.2) is 30.3 Å². The van der Waals surface area contributed by atoms with Crippen molar-refractivity contribution in [1.29, 1.82) is 0 Å². The van der Waals surface area contributed by atoms with Gasteiger partial charge in [0, 0.05) is 25.6 Å². The third kappa shape index (κ3) is 4.49. The third-order valence-corrected chi connectivity index (χ3v) is 5.11. The molecule has 1 N–H and O–H groups in total. The van der Waals surface area contributed by atoms with Crippen LogP contribution in [0.4, 0.5) is 4.79 Å². The number of likely N-dealkylation sites (tertiary alicyclic amines) is 1. The van der Waals surface area contributed by atoms with Crippen LogP contribution in [0.25, 0.3) is 0 Å². The largest absolute Gasteiger partial charge is 0.415 e. The molecular weight excluding hydrogens is 304 g/mol. The number of hydrogen-bond donors (Lipinski definition) is 1. The molecule has 130 valence electrons. The maximum Gasteiger partial charge on any atom is 0.415 e. The Bertz CT molecular complexity index is 547. The number of para-hydroxylation sites is 1. The first kappa shape index (κ1) is 16.8. The van der Waals surface area contributed by atoms with Gasteiger partial charge in [-0.1, -0.05) is 31.0 Å². The minimum absolute atomic E-state index is 0.221. The Morgan fingerprint density at radius 2 is 1.71 bits per heavy atom. The van der Waals surface area contributed by atoms with E-state index in [1.165, 1.54) is 12.8 Å². The fourth-order valence-corrected chi connectivity index (χ4v) is 3.55. The molecule has 0 aromatic heterocycles. The summed E-state index contributed by atoms with van der Waals surface area (Å²) in [5.74, 6) is 1.48. The van der Waals surface area contributed by atoms with Gasteiger partial charge in [0.1, 0.15) is 5.75 Å². The van der Waals surface area contributed by atoms with E-state index in [0.29, 0.717) is 24.8 Å². The van der Waals surface area contributed by atoms with E-state index >= 15 is 0 Å². The first-order valence-electron chi connectivity index (χ1n) is 9.02. The molecule has 1 saturated heterocycles. The molecule has 5 nitrogen and oxygen atoms in total. The minimum atomic E-state index is -0.283. The smallest absolute Gasteiger partial charge is 0.410 e. The van der Waals surface area contributed by atoms with Crippen LogP contribution in [0.2, 0.25) is 0 Å². The second-order valence-electron chi connectivity index (χ2n) is 6.84. The molecule has 3 rings (SSSR count). The molecule has 0 atom stereocenters. The van der Waals surface area contributed by atoms with Crippen molar-refractivity contribution in [3.05, 3.63) is 30.3 Å². The highest BCUT2D eigenvalue weighted by Gasteiger charge is 2.26. The lowest BCUT2D eigenvalue weighted by molar-refractivity contribution is -0.125. The lowest BCUT2D eigenvalue weighted by Gasteiger charge is -2.31. The van der Waals surface area contributed by atoms with Crippen LogP contribution in [0.1, 0.15) is 38.5 Å². The van der Waals surface area contributed by atoms with E-state index in [1.807, 2.05) is 18.2 Å². The van der Waals surface area contributed by atoms with Crippen molar-refractivity contribution in [2.24, 2.45) is 11.8 Å². The van der Waals surface area contributed by atoms with Crippen LogP contribution in [0.3, 0.4) is 0 Å². The highest BCUT2D eigenvalue weighted by Crippen LogP contribution is 2.25. The average molecular weight is 330 g/mol. The zero-order valence-corrected chi connectivity index (χ0v) is 14.1. The molecule has 24 heavy (non-hydrogen) atoms. The third-order valence-electron chi connectivity index (χ3n) is 5.11. The zero-order chi connectivity index (χ0) is 16.8. The molecule has 0 bridgehead atoms. The molecule has 1 aromatic rings. The van der Waals surface area contributed by atoms with Crippen LogP contribution in [0, 0.1) is 11.8 Å². The fourth-order valence-electron chi connectivity index (χ4n) is 3.55. The molecule has 1 heterocycles. The van der Waals surface area contributed by atoms with Crippen LogP contribution >= 0.6 is 0 Å². The molecule has 5 heteroatoms. The van der Waals surface area contributed by atoms with E-state index in [0.717, 1.165) is 32.2 Å². The molecule has 2 amide bonds. The Morgan fingerprint density at radius 3 is 2.38 bits per heavy atom.